The molecule has 29 heavy (non-hydrogen) atoms. The largest absolute Gasteiger partial charge is 0.459 e. The second-order valence-electron chi connectivity index (χ2n) is 7.72. The Labute approximate surface area is 174 Å². The van der Waals surface area contributed by atoms with Crippen LogP contribution in [0.15, 0.2) is 53.1 Å². The maximum atomic E-state index is 14.9. The van der Waals surface area contributed by atoms with Crippen LogP contribution in [-0.4, -0.2) is 23.9 Å². The number of benzene rings is 1. The highest BCUT2D eigenvalue weighted by molar-refractivity contribution is 7.16. The fourth-order valence-corrected chi connectivity index (χ4v) is 4.89. The summed E-state index contributed by atoms with van der Waals surface area (Å²) in [7, 11) is 0. The fourth-order valence-electron chi connectivity index (χ4n) is 3.95. The second-order valence-corrected chi connectivity index (χ2v) is 8.97. The van der Waals surface area contributed by atoms with Crippen LogP contribution in [0.4, 0.5) is 9.39 Å². The molecule has 1 amide bonds. The Morgan fingerprint density at radius 2 is 1.97 bits per heavy atom. The van der Waals surface area contributed by atoms with Gasteiger partial charge in [0.2, 0.25) is 0 Å². The van der Waals surface area contributed by atoms with Crippen molar-refractivity contribution in [2.45, 2.75) is 32.7 Å². The highest BCUT2D eigenvalue weighted by Gasteiger charge is 2.31. The summed E-state index contributed by atoms with van der Waals surface area (Å²) >= 11 is 1.51. The van der Waals surface area contributed by atoms with Crippen molar-refractivity contribution in [1.29, 1.82) is 0 Å². The standard InChI is InChI=1S/C23H25FN2O2S/c1-15-9-11-26(12-10-15)21(17-6-3-4-7-19(17)24)18-14-16(2)29-23(18)25-22(27)20-8-5-13-28-20/h3-8,13-15,21H,9-12H2,1-2H3,(H,25,27). The van der Waals surface area contributed by atoms with E-state index in [0.29, 0.717) is 11.5 Å². The van der Waals surface area contributed by atoms with Crippen LogP contribution in [0, 0.1) is 18.7 Å². The molecule has 4 nitrogen and oxygen atoms in total. The SMILES string of the molecule is Cc1cc(C(c2ccccc2F)N2CCC(C)CC2)c(NC(=O)c2ccco2)s1. The van der Waals surface area contributed by atoms with E-state index in [4.69, 9.17) is 4.42 Å². The number of piperidine rings is 1. The van der Waals surface area contributed by atoms with Crippen molar-refractivity contribution in [2.24, 2.45) is 5.92 Å². The van der Waals surface area contributed by atoms with Crippen molar-refractivity contribution in [3.63, 3.8) is 0 Å². The van der Waals surface area contributed by atoms with E-state index in [1.165, 1.54) is 23.7 Å². The fraction of sp³-hybridized carbons (Fsp3) is 0.348. The summed E-state index contributed by atoms with van der Waals surface area (Å²) in [5.41, 5.74) is 1.58. The molecule has 4 rings (SSSR count). The van der Waals surface area contributed by atoms with Crippen LogP contribution in [0.2, 0.25) is 0 Å². The van der Waals surface area contributed by atoms with Crippen LogP contribution in [0.25, 0.3) is 0 Å². The van der Waals surface area contributed by atoms with Crippen LogP contribution in [0.5, 0.6) is 0 Å². The number of carbonyl (C=O) groups is 1. The molecule has 152 valence electrons. The molecule has 1 unspecified atom stereocenters. The third kappa shape index (κ3) is 4.28. The van der Waals surface area contributed by atoms with Gasteiger partial charge in [-0.15, -0.1) is 11.3 Å². The third-order valence-corrected chi connectivity index (χ3v) is 6.52. The molecule has 1 fully saturated rings. The zero-order chi connectivity index (χ0) is 20.4. The molecule has 0 spiro atoms. The van der Waals surface area contributed by atoms with Gasteiger partial charge in [-0.2, -0.15) is 0 Å². The van der Waals surface area contributed by atoms with Gasteiger partial charge in [0.15, 0.2) is 5.76 Å². The van der Waals surface area contributed by atoms with Gasteiger partial charge in [-0.3, -0.25) is 9.69 Å². The first-order valence-electron chi connectivity index (χ1n) is 9.96. The van der Waals surface area contributed by atoms with Crippen LogP contribution >= 0.6 is 11.3 Å². The Hall–Kier alpha value is -2.44. The normalized spacial score (nSPS) is 16.7. The molecular weight excluding hydrogens is 387 g/mol. The molecule has 3 aromatic rings. The number of thiophene rings is 1. The molecule has 0 saturated carbocycles. The summed E-state index contributed by atoms with van der Waals surface area (Å²) in [5, 5.41) is 3.73. The predicted octanol–water partition coefficient (Wildman–Crippen LogP) is 5.86. The van der Waals surface area contributed by atoms with Gasteiger partial charge in [0, 0.05) is 16.0 Å². The van der Waals surface area contributed by atoms with Crippen molar-refractivity contribution in [2.75, 3.05) is 18.4 Å². The molecule has 3 heterocycles. The summed E-state index contributed by atoms with van der Waals surface area (Å²) in [6.07, 6.45) is 3.65. The lowest BCUT2D eigenvalue weighted by molar-refractivity contribution is 0.0996. The maximum Gasteiger partial charge on any atom is 0.291 e. The summed E-state index contributed by atoms with van der Waals surface area (Å²) in [6.45, 7) is 6.08. The average molecular weight is 413 g/mol. The molecule has 0 aliphatic carbocycles. The number of furan rings is 1. The first kappa shape index (κ1) is 19.9. The van der Waals surface area contributed by atoms with Gasteiger partial charge in [0.25, 0.3) is 5.91 Å². The predicted molar refractivity (Wildman–Crippen MR) is 114 cm³/mol. The minimum Gasteiger partial charge on any atom is -0.459 e. The number of halogens is 1. The monoisotopic (exact) mass is 412 g/mol. The van der Waals surface area contributed by atoms with E-state index in [1.807, 2.05) is 19.1 Å². The number of anilines is 1. The molecule has 1 saturated heterocycles. The van der Waals surface area contributed by atoms with E-state index in [2.05, 4.69) is 23.2 Å². The Kier molecular flexibility index (Phi) is 5.83. The summed E-state index contributed by atoms with van der Waals surface area (Å²) in [6, 6.07) is 12.1. The Morgan fingerprint density at radius 1 is 1.21 bits per heavy atom. The minimum absolute atomic E-state index is 0.219. The molecule has 2 aromatic heterocycles. The van der Waals surface area contributed by atoms with Crippen molar-refractivity contribution < 1.29 is 13.6 Å². The van der Waals surface area contributed by atoms with Gasteiger partial charge >= 0.3 is 0 Å². The van der Waals surface area contributed by atoms with Gasteiger partial charge in [0.1, 0.15) is 10.8 Å². The molecule has 1 aliphatic heterocycles. The van der Waals surface area contributed by atoms with E-state index < -0.39 is 0 Å². The van der Waals surface area contributed by atoms with Gasteiger partial charge < -0.3 is 9.73 Å². The molecule has 6 heteroatoms. The summed E-state index contributed by atoms with van der Waals surface area (Å²) in [4.78, 5) is 16.0. The number of aryl methyl sites for hydroxylation is 1. The van der Waals surface area contributed by atoms with E-state index >= 15 is 0 Å². The van der Waals surface area contributed by atoms with Gasteiger partial charge in [-0.1, -0.05) is 25.1 Å². The number of hydrogen-bond acceptors (Lipinski definition) is 4. The van der Waals surface area contributed by atoms with Crippen molar-refractivity contribution in [3.05, 3.63) is 76.3 Å². The number of nitrogens with zero attached hydrogens (tertiary/aromatic N) is 1. The Morgan fingerprint density at radius 3 is 2.66 bits per heavy atom. The minimum atomic E-state index is -0.294. The smallest absolute Gasteiger partial charge is 0.291 e. The molecule has 1 N–H and O–H groups in total. The Balaban J connectivity index is 1.73. The highest BCUT2D eigenvalue weighted by Crippen LogP contribution is 2.41. The van der Waals surface area contributed by atoms with E-state index in [9.17, 15) is 9.18 Å². The lowest BCUT2D eigenvalue weighted by atomic mass is 9.92. The van der Waals surface area contributed by atoms with Crippen LogP contribution in [0.1, 0.15) is 52.4 Å². The first-order chi connectivity index (χ1) is 14.0. The molecule has 1 aromatic carbocycles. The number of hydrogen-bond donors (Lipinski definition) is 1. The molecule has 0 bridgehead atoms. The van der Waals surface area contributed by atoms with Gasteiger partial charge in [-0.25, -0.2) is 4.39 Å². The van der Waals surface area contributed by atoms with Crippen LogP contribution < -0.4 is 5.32 Å². The molecule has 1 atom stereocenters. The van der Waals surface area contributed by atoms with E-state index in [-0.39, 0.29) is 23.5 Å². The van der Waals surface area contributed by atoms with Gasteiger partial charge in [-0.05, 0) is 63.0 Å². The number of likely N-dealkylation sites (tertiary alicyclic amines) is 1. The van der Waals surface area contributed by atoms with E-state index in [0.717, 1.165) is 41.4 Å². The summed E-state index contributed by atoms with van der Waals surface area (Å²) < 4.78 is 20.1. The lowest BCUT2D eigenvalue weighted by Crippen LogP contribution is -2.37. The van der Waals surface area contributed by atoms with Crippen LogP contribution in [-0.2, 0) is 0 Å². The number of rotatable bonds is 5. The van der Waals surface area contributed by atoms with Gasteiger partial charge in [0.05, 0.1) is 12.3 Å². The maximum absolute atomic E-state index is 14.9. The first-order valence-corrected chi connectivity index (χ1v) is 10.8. The summed E-state index contributed by atoms with van der Waals surface area (Å²) in [5.74, 6) is 0.423. The number of nitrogens with one attached hydrogen (secondary N) is 1. The Bertz CT molecular complexity index is 975. The van der Waals surface area contributed by atoms with Crippen molar-refractivity contribution in [1.82, 2.24) is 4.90 Å². The average Bonchev–Trinajstić information content (AvgIpc) is 3.35. The molecule has 1 aliphatic rings. The number of amides is 1. The number of carbonyl (C=O) groups excluding carboxylic acids is 1. The lowest BCUT2D eigenvalue weighted by Gasteiger charge is -2.37. The quantitative estimate of drug-likeness (QED) is 0.571. The molecular formula is C23H25FN2O2S. The third-order valence-electron chi connectivity index (χ3n) is 5.53. The van der Waals surface area contributed by atoms with Crippen molar-refractivity contribution in [3.8, 4) is 0 Å². The van der Waals surface area contributed by atoms with Crippen LogP contribution in [0.3, 0.4) is 0 Å². The zero-order valence-corrected chi connectivity index (χ0v) is 17.5. The highest BCUT2D eigenvalue weighted by atomic mass is 32.1. The topological polar surface area (TPSA) is 45.5 Å². The van der Waals surface area contributed by atoms with E-state index in [1.54, 1.807) is 18.2 Å². The zero-order valence-electron chi connectivity index (χ0n) is 16.7. The van der Waals surface area contributed by atoms with Crippen molar-refractivity contribution >= 4 is 22.2 Å². The second kappa shape index (κ2) is 8.51. The molecule has 0 radical (unpaired) electrons.